The van der Waals surface area contributed by atoms with Gasteiger partial charge in [-0.15, -0.1) is 0 Å². The van der Waals surface area contributed by atoms with Crippen LogP contribution in [-0.4, -0.2) is 28.9 Å². The Kier molecular flexibility index (Phi) is 4.35. The minimum atomic E-state index is -0.850. The molecule has 1 heterocycles. The zero-order valence-electron chi connectivity index (χ0n) is 14.2. The Hall–Kier alpha value is -2.30. The van der Waals surface area contributed by atoms with Gasteiger partial charge in [0.15, 0.2) is 0 Å². The van der Waals surface area contributed by atoms with Crippen LogP contribution < -0.4 is 0 Å². The average Bonchev–Trinajstić information content (AvgIpc) is 2.88. The number of hydrogen-bond donors (Lipinski definition) is 1. The number of aliphatic carboxylic acids is 1. The van der Waals surface area contributed by atoms with E-state index in [-0.39, 0.29) is 12.3 Å². The summed E-state index contributed by atoms with van der Waals surface area (Å²) in [4.78, 5) is 25.6. The number of carboxylic acid groups (broad SMARTS) is 1. The summed E-state index contributed by atoms with van der Waals surface area (Å²) in [6.45, 7) is 2.46. The van der Waals surface area contributed by atoms with Crippen LogP contribution in [0, 0.1) is 5.41 Å². The Balaban J connectivity index is 1.78. The van der Waals surface area contributed by atoms with Gasteiger partial charge in [-0.1, -0.05) is 31.5 Å². The molecule has 1 aromatic heterocycles. The molecule has 3 rings (SSSR count). The van der Waals surface area contributed by atoms with Crippen LogP contribution in [-0.2, 0) is 22.6 Å². The fourth-order valence-corrected chi connectivity index (χ4v) is 3.43. The highest BCUT2D eigenvalue weighted by Gasteiger charge is 2.46. The van der Waals surface area contributed by atoms with Crippen LogP contribution in [0.3, 0.4) is 0 Å². The number of para-hydroxylation sites is 1. The number of benzene rings is 1. The van der Waals surface area contributed by atoms with E-state index in [1.165, 1.54) is 0 Å². The van der Waals surface area contributed by atoms with E-state index >= 15 is 0 Å². The van der Waals surface area contributed by atoms with E-state index in [1.54, 1.807) is 11.9 Å². The second kappa shape index (κ2) is 6.30. The molecule has 128 valence electrons. The molecular weight excluding hydrogens is 306 g/mol. The van der Waals surface area contributed by atoms with Crippen LogP contribution in [0.5, 0.6) is 0 Å². The Bertz CT molecular complexity index is 773. The molecule has 1 aliphatic rings. The zero-order valence-corrected chi connectivity index (χ0v) is 14.2. The topological polar surface area (TPSA) is 70.8 Å². The van der Waals surface area contributed by atoms with Gasteiger partial charge in [0.1, 0.15) is 11.3 Å². The van der Waals surface area contributed by atoms with E-state index in [2.05, 4.69) is 0 Å². The summed E-state index contributed by atoms with van der Waals surface area (Å²) >= 11 is 0. The molecular formula is C19H23NO4. The van der Waals surface area contributed by atoms with Gasteiger partial charge in [0.2, 0.25) is 5.91 Å². The third-order valence-corrected chi connectivity index (χ3v) is 5.18. The second-order valence-electron chi connectivity index (χ2n) is 6.72. The Morgan fingerprint density at radius 2 is 2.00 bits per heavy atom. The Morgan fingerprint density at radius 3 is 2.58 bits per heavy atom. The lowest BCUT2D eigenvalue weighted by atomic mass is 9.66. The van der Waals surface area contributed by atoms with Gasteiger partial charge in [0.25, 0.3) is 0 Å². The third-order valence-electron chi connectivity index (χ3n) is 5.18. The smallest absolute Gasteiger partial charge is 0.310 e. The number of hydrogen-bond acceptors (Lipinski definition) is 3. The highest BCUT2D eigenvalue weighted by molar-refractivity contribution is 5.86. The first-order valence-corrected chi connectivity index (χ1v) is 8.43. The van der Waals surface area contributed by atoms with Gasteiger partial charge in [-0.2, -0.15) is 0 Å². The predicted molar refractivity (Wildman–Crippen MR) is 90.6 cm³/mol. The SMILES string of the molecule is CCc1oc2ccccc2c1CN(C)C(=O)CC1(C(=O)O)CCC1. The molecule has 1 saturated carbocycles. The summed E-state index contributed by atoms with van der Waals surface area (Å²) in [5.41, 5.74) is 0.991. The number of rotatable bonds is 6. The quantitative estimate of drug-likeness (QED) is 0.879. The van der Waals surface area contributed by atoms with E-state index in [4.69, 9.17) is 4.42 Å². The van der Waals surface area contributed by atoms with Crippen molar-refractivity contribution in [3.8, 4) is 0 Å². The molecule has 5 nitrogen and oxygen atoms in total. The molecule has 0 radical (unpaired) electrons. The van der Waals surface area contributed by atoms with Crippen LogP contribution in [0.25, 0.3) is 11.0 Å². The van der Waals surface area contributed by atoms with Gasteiger partial charge in [0.05, 0.1) is 5.41 Å². The van der Waals surface area contributed by atoms with E-state index in [9.17, 15) is 14.7 Å². The van der Waals surface area contributed by atoms with Gasteiger partial charge >= 0.3 is 5.97 Å². The summed E-state index contributed by atoms with van der Waals surface area (Å²) < 4.78 is 5.87. The Morgan fingerprint density at radius 1 is 1.29 bits per heavy atom. The molecule has 5 heteroatoms. The van der Waals surface area contributed by atoms with Gasteiger partial charge in [-0.3, -0.25) is 9.59 Å². The van der Waals surface area contributed by atoms with Crippen molar-refractivity contribution in [1.29, 1.82) is 0 Å². The summed E-state index contributed by atoms with van der Waals surface area (Å²) in [6.07, 6.45) is 2.91. The molecule has 1 N–H and O–H groups in total. The number of aryl methyl sites for hydroxylation is 1. The molecule has 0 aliphatic heterocycles. The van der Waals surface area contributed by atoms with Crippen LogP contribution >= 0.6 is 0 Å². The molecule has 24 heavy (non-hydrogen) atoms. The lowest BCUT2D eigenvalue weighted by molar-refractivity contribution is -0.159. The van der Waals surface area contributed by atoms with Crippen LogP contribution in [0.15, 0.2) is 28.7 Å². The normalized spacial score (nSPS) is 15.9. The predicted octanol–water partition coefficient (Wildman–Crippen LogP) is 3.60. The van der Waals surface area contributed by atoms with E-state index < -0.39 is 11.4 Å². The van der Waals surface area contributed by atoms with Crippen molar-refractivity contribution in [3.05, 3.63) is 35.6 Å². The zero-order chi connectivity index (χ0) is 17.3. The highest BCUT2D eigenvalue weighted by Crippen LogP contribution is 2.44. The molecule has 1 aliphatic carbocycles. The van der Waals surface area contributed by atoms with Gasteiger partial charge in [-0.25, -0.2) is 0 Å². The highest BCUT2D eigenvalue weighted by atomic mass is 16.4. The monoisotopic (exact) mass is 329 g/mol. The molecule has 0 atom stereocenters. The fraction of sp³-hybridized carbons (Fsp3) is 0.474. The minimum absolute atomic E-state index is 0.0794. The maximum Gasteiger partial charge on any atom is 0.310 e. The fourth-order valence-electron chi connectivity index (χ4n) is 3.43. The standard InChI is InChI=1S/C19H23NO4/c1-3-15-14(13-7-4-5-8-16(13)24-15)12-20(2)17(21)11-19(18(22)23)9-6-10-19/h4-5,7-8H,3,6,9-12H2,1-2H3,(H,22,23). The first kappa shape index (κ1) is 16.6. The van der Waals surface area contributed by atoms with Crippen LogP contribution in [0.1, 0.15) is 43.9 Å². The Labute approximate surface area is 141 Å². The number of amides is 1. The van der Waals surface area contributed by atoms with Crippen molar-refractivity contribution in [1.82, 2.24) is 4.90 Å². The summed E-state index contributed by atoms with van der Waals surface area (Å²) in [5.74, 6) is -0.0876. The number of nitrogens with zero attached hydrogens (tertiary/aromatic N) is 1. The number of fused-ring (bicyclic) bond motifs is 1. The molecule has 2 aromatic rings. The van der Waals surface area contributed by atoms with Crippen LogP contribution in [0.4, 0.5) is 0 Å². The first-order valence-electron chi connectivity index (χ1n) is 8.43. The molecule has 0 saturated heterocycles. The third kappa shape index (κ3) is 2.79. The molecule has 1 fully saturated rings. The molecule has 0 unspecified atom stereocenters. The maximum atomic E-state index is 12.5. The van der Waals surface area contributed by atoms with Crippen molar-refractivity contribution < 1.29 is 19.1 Å². The van der Waals surface area contributed by atoms with Gasteiger partial charge < -0.3 is 14.4 Å². The number of furan rings is 1. The summed E-state index contributed by atoms with van der Waals surface area (Å²) in [6, 6.07) is 7.80. The van der Waals surface area contributed by atoms with Gasteiger partial charge in [0, 0.05) is 37.4 Å². The first-order chi connectivity index (χ1) is 11.5. The van der Waals surface area contributed by atoms with Crippen molar-refractivity contribution in [2.75, 3.05) is 7.05 Å². The summed E-state index contributed by atoms with van der Waals surface area (Å²) in [5, 5.41) is 10.4. The lowest BCUT2D eigenvalue weighted by Gasteiger charge is -2.38. The van der Waals surface area contributed by atoms with E-state index in [0.29, 0.717) is 19.4 Å². The van der Waals surface area contributed by atoms with Gasteiger partial charge in [-0.05, 0) is 18.9 Å². The van der Waals surface area contributed by atoms with E-state index in [0.717, 1.165) is 35.1 Å². The molecule has 1 aromatic carbocycles. The number of carbonyl (C=O) groups is 2. The lowest BCUT2D eigenvalue weighted by Crippen LogP contribution is -2.42. The second-order valence-corrected chi connectivity index (χ2v) is 6.72. The molecule has 0 spiro atoms. The maximum absolute atomic E-state index is 12.5. The van der Waals surface area contributed by atoms with Crippen LogP contribution in [0.2, 0.25) is 0 Å². The van der Waals surface area contributed by atoms with Crippen molar-refractivity contribution in [2.45, 2.75) is 45.6 Å². The van der Waals surface area contributed by atoms with Crippen molar-refractivity contribution in [3.63, 3.8) is 0 Å². The summed E-state index contributed by atoms with van der Waals surface area (Å²) in [7, 11) is 1.73. The minimum Gasteiger partial charge on any atom is -0.481 e. The van der Waals surface area contributed by atoms with Crippen molar-refractivity contribution in [2.24, 2.45) is 5.41 Å². The van der Waals surface area contributed by atoms with Crippen molar-refractivity contribution >= 4 is 22.8 Å². The molecule has 0 bridgehead atoms. The molecule has 1 amide bonds. The average molecular weight is 329 g/mol. The largest absolute Gasteiger partial charge is 0.481 e. The van der Waals surface area contributed by atoms with E-state index in [1.807, 2.05) is 31.2 Å². The number of carbonyl (C=O) groups excluding carboxylic acids is 1. The number of carboxylic acids is 1.